The summed E-state index contributed by atoms with van der Waals surface area (Å²) >= 11 is 1.46. The van der Waals surface area contributed by atoms with Gasteiger partial charge in [0, 0.05) is 42.1 Å². The number of aromatic nitrogens is 3. The number of pyridine rings is 2. The van der Waals surface area contributed by atoms with E-state index in [1.807, 2.05) is 23.3 Å². The number of fused-ring (bicyclic) bond motifs is 2. The van der Waals surface area contributed by atoms with Crippen molar-refractivity contribution in [3.8, 4) is 10.6 Å². The molecule has 2 aliphatic rings. The summed E-state index contributed by atoms with van der Waals surface area (Å²) in [6.07, 6.45) is 1.44. The summed E-state index contributed by atoms with van der Waals surface area (Å²) in [5.41, 5.74) is 1.29. The average Bonchev–Trinajstić information content (AvgIpc) is 3.50. The summed E-state index contributed by atoms with van der Waals surface area (Å²) in [6.45, 7) is 2.58. The molecular formula is C22H20F3N5OS. The number of nitrogens with zero attached hydrogens (tertiary/aromatic N) is 4. The molecular weight excluding hydrogens is 439 g/mol. The van der Waals surface area contributed by atoms with E-state index >= 15 is 0 Å². The molecule has 0 aromatic carbocycles. The second kappa shape index (κ2) is 7.84. The smallest absolute Gasteiger partial charge is 0.365 e. The molecule has 3 aromatic rings. The lowest BCUT2D eigenvalue weighted by Crippen LogP contribution is -2.48. The highest BCUT2D eigenvalue weighted by molar-refractivity contribution is 7.13. The molecule has 1 saturated heterocycles. The van der Waals surface area contributed by atoms with E-state index in [1.54, 1.807) is 12.4 Å². The Kier molecular flexibility index (Phi) is 5.11. The van der Waals surface area contributed by atoms with Gasteiger partial charge >= 0.3 is 6.18 Å². The van der Waals surface area contributed by atoms with Crippen LogP contribution in [-0.2, 0) is 6.18 Å². The molecule has 4 heterocycles. The number of carbonyl (C=O) groups is 1. The number of anilines is 1. The molecule has 0 spiro atoms. The largest absolute Gasteiger partial charge is 0.417 e. The van der Waals surface area contributed by atoms with Crippen molar-refractivity contribution in [2.75, 3.05) is 11.9 Å². The quantitative estimate of drug-likeness (QED) is 0.615. The Balaban J connectivity index is 1.37. The van der Waals surface area contributed by atoms with Gasteiger partial charge in [0.2, 0.25) is 0 Å². The van der Waals surface area contributed by atoms with Gasteiger partial charge in [0.25, 0.3) is 5.91 Å². The maximum atomic E-state index is 13.5. The van der Waals surface area contributed by atoms with Gasteiger partial charge < -0.3 is 10.2 Å². The van der Waals surface area contributed by atoms with Gasteiger partial charge in [-0.25, -0.2) is 9.97 Å². The Morgan fingerprint density at radius 2 is 2.00 bits per heavy atom. The Hall–Kier alpha value is -3.01. The van der Waals surface area contributed by atoms with Crippen LogP contribution < -0.4 is 5.32 Å². The predicted octanol–water partition coefficient (Wildman–Crippen LogP) is 4.64. The van der Waals surface area contributed by atoms with Gasteiger partial charge in [-0.3, -0.25) is 9.78 Å². The zero-order chi connectivity index (χ0) is 22.5. The van der Waals surface area contributed by atoms with Crippen LogP contribution in [0.5, 0.6) is 0 Å². The first-order valence-corrected chi connectivity index (χ1v) is 11.2. The molecule has 3 aromatic heterocycles. The van der Waals surface area contributed by atoms with Gasteiger partial charge in [-0.05, 0) is 49.4 Å². The van der Waals surface area contributed by atoms with Crippen LogP contribution in [-0.4, -0.2) is 44.4 Å². The van der Waals surface area contributed by atoms with Crippen LogP contribution in [0.15, 0.2) is 42.2 Å². The summed E-state index contributed by atoms with van der Waals surface area (Å²) in [4.78, 5) is 28.1. The van der Waals surface area contributed by atoms with Gasteiger partial charge in [0.1, 0.15) is 16.5 Å². The summed E-state index contributed by atoms with van der Waals surface area (Å²) < 4.78 is 38.4. The first kappa shape index (κ1) is 20.9. The zero-order valence-corrected chi connectivity index (χ0v) is 18.0. The van der Waals surface area contributed by atoms with Gasteiger partial charge in [-0.1, -0.05) is 0 Å². The predicted molar refractivity (Wildman–Crippen MR) is 114 cm³/mol. The van der Waals surface area contributed by atoms with Crippen LogP contribution in [0.25, 0.3) is 10.6 Å². The molecule has 166 valence electrons. The molecule has 0 radical (unpaired) electrons. The minimum Gasteiger partial charge on any atom is -0.365 e. The molecule has 1 amide bonds. The number of hydrogen-bond donors (Lipinski definition) is 1. The van der Waals surface area contributed by atoms with Crippen LogP contribution in [0.2, 0.25) is 0 Å². The minimum atomic E-state index is -4.42. The van der Waals surface area contributed by atoms with Crippen LogP contribution >= 0.6 is 11.3 Å². The third-order valence-corrected chi connectivity index (χ3v) is 6.97. The van der Waals surface area contributed by atoms with Crippen LogP contribution in [0, 0.1) is 12.8 Å². The number of halogens is 3. The molecule has 5 rings (SSSR count). The Morgan fingerprint density at radius 1 is 1.16 bits per heavy atom. The molecule has 2 bridgehead atoms. The topological polar surface area (TPSA) is 71.0 Å². The number of nitrogens with one attached hydrogen (secondary N) is 1. The fourth-order valence-corrected chi connectivity index (χ4v) is 5.47. The van der Waals surface area contributed by atoms with Gasteiger partial charge in [0.15, 0.2) is 0 Å². The van der Waals surface area contributed by atoms with Crippen molar-refractivity contribution in [1.82, 2.24) is 19.9 Å². The normalized spacial score (nSPS) is 22.4. The molecule has 1 aliphatic heterocycles. The number of piperidine rings is 1. The van der Waals surface area contributed by atoms with Crippen molar-refractivity contribution in [2.24, 2.45) is 5.92 Å². The molecule has 6 nitrogen and oxygen atoms in total. The van der Waals surface area contributed by atoms with Gasteiger partial charge in [-0.15, -0.1) is 11.3 Å². The fourth-order valence-electron chi connectivity index (χ4n) is 4.72. The zero-order valence-electron chi connectivity index (χ0n) is 17.1. The van der Waals surface area contributed by atoms with Crippen LogP contribution in [0.3, 0.4) is 0 Å². The van der Waals surface area contributed by atoms with Crippen LogP contribution in [0.1, 0.15) is 34.5 Å². The number of rotatable bonds is 4. The van der Waals surface area contributed by atoms with Crippen molar-refractivity contribution < 1.29 is 18.0 Å². The van der Waals surface area contributed by atoms with E-state index in [1.165, 1.54) is 17.4 Å². The molecule has 1 saturated carbocycles. The Morgan fingerprint density at radius 3 is 2.66 bits per heavy atom. The van der Waals surface area contributed by atoms with Gasteiger partial charge in [-0.2, -0.15) is 13.2 Å². The second-order valence-corrected chi connectivity index (χ2v) is 9.13. The minimum absolute atomic E-state index is 0.0666. The number of alkyl halides is 3. The maximum absolute atomic E-state index is 13.5. The summed E-state index contributed by atoms with van der Waals surface area (Å²) in [6, 6.07) is 4.08. The molecule has 3 unspecified atom stereocenters. The van der Waals surface area contributed by atoms with Crippen molar-refractivity contribution >= 4 is 23.1 Å². The monoisotopic (exact) mass is 459 g/mol. The maximum Gasteiger partial charge on any atom is 0.417 e. The molecule has 1 aliphatic carbocycles. The molecule has 2 fully saturated rings. The van der Waals surface area contributed by atoms with E-state index in [0.29, 0.717) is 24.0 Å². The highest BCUT2D eigenvalue weighted by Gasteiger charge is 2.47. The first-order chi connectivity index (χ1) is 15.3. The number of likely N-dealkylation sites (tertiary alicyclic amines) is 1. The number of amides is 1. The van der Waals surface area contributed by atoms with Crippen molar-refractivity contribution in [3.05, 3.63) is 59.0 Å². The van der Waals surface area contributed by atoms with Crippen molar-refractivity contribution in [1.29, 1.82) is 0 Å². The first-order valence-electron chi connectivity index (χ1n) is 10.3. The highest BCUT2D eigenvalue weighted by Crippen LogP contribution is 2.41. The lowest BCUT2D eigenvalue weighted by molar-refractivity contribution is -0.137. The van der Waals surface area contributed by atoms with Crippen LogP contribution in [0.4, 0.5) is 19.0 Å². The molecule has 10 heteroatoms. The summed E-state index contributed by atoms with van der Waals surface area (Å²) in [7, 11) is 0. The summed E-state index contributed by atoms with van der Waals surface area (Å²) in [5, 5.41) is 5.86. The molecule has 3 atom stereocenters. The highest BCUT2D eigenvalue weighted by atomic mass is 32.1. The van der Waals surface area contributed by atoms with E-state index in [0.717, 1.165) is 41.2 Å². The number of thiazole rings is 1. The molecule has 32 heavy (non-hydrogen) atoms. The van der Waals surface area contributed by atoms with Gasteiger partial charge in [0.05, 0.1) is 11.6 Å². The third kappa shape index (κ3) is 3.72. The lowest BCUT2D eigenvalue weighted by Gasteiger charge is -2.34. The second-order valence-electron chi connectivity index (χ2n) is 8.23. The van der Waals surface area contributed by atoms with Crippen molar-refractivity contribution in [3.63, 3.8) is 0 Å². The number of carbonyl (C=O) groups excluding carboxylic acids is 1. The van der Waals surface area contributed by atoms with E-state index in [2.05, 4.69) is 20.3 Å². The SMILES string of the molecule is Cc1ccnc(C(=O)N2CC3CC(Nc4ccc(C(F)(F)F)cn4)C2C3)c1-c1nccs1. The Labute approximate surface area is 186 Å². The molecule has 1 N–H and O–H groups in total. The average molecular weight is 459 g/mol. The standard InChI is InChI=1S/C22H20F3N5OS/c1-12-4-5-26-19(18(12)20-27-6-7-32-20)21(31)30-11-13-8-15(16(30)9-13)29-17-3-2-14(10-28-17)22(23,24)25/h2-7,10,13,15-16H,8-9,11H2,1H3,(H,28,29). The van der Waals surface area contributed by atoms with Crippen molar-refractivity contribution in [2.45, 2.75) is 38.0 Å². The lowest BCUT2D eigenvalue weighted by atomic mass is 10.0. The van der Waals surface area contributed by atoms with E-state index in [-0.39, 0.29) is 18.0 Å². The summed E-state index contributed by atoms with van der Waals surface area (Å²) in [5.74, 6) is 0.572. The van der Waals surface area contributed by atoms with E-state index in [9.17, 15) is 18.0 Å². The number of aryl methyl sites for hydroxylation is 1. The van der Waals surface area contributed by atoms with E-state index in [4.69, 9.17) is 0 Å². The Bertz CT molecular complexity index is 1130. The third-order valence-electron chi connectivity index (χ3n) is 6.17. The number of hydrogen-bond acceptors (Lipinski definition) is 6. The van der Waals surface area contributed by atoms with E-state index < -0.39 is 11.7 Å². The fraction of sp³-hybridized carbons (Fsp3) is 0.364.